The Bertz CT molecular complexity index is 1040. The first-order valence-corrected chi connectivity index (χ1v) is 8.26. The number of hydrogen-bond acceptors (Lipinski definition) is 1. The molecule has 0 fully saturated rings. The summed E-state index contributed by atoms with van der Waals surface area (Å²) >= 11 is 0. The number of hydrogen-bond donors (Lipinski definition) is 1. The summed E-state index contributed by atoms with van der Waals surface area (Å²) in [5.41, 5.74) is 4.57. The number of aromatic nitrogens is 1. The summed E-state index contributed by atoms with van der Waals surface area (Å²) in [6.07, 6.45) is 3.51. The van der Waals surface area contributed by atoms with E-state index in [1.807, 2.05) is 91.0 Å². The minimum absolute atomic E-state index is 0.000145. The number of ketones is 1. The summed E-state index contributed by atoms with van der Waals surface area (Å²) < 4.78 is 0. The fraction of sp³-hybridized carbons (Fsp3) is 0. The van der Waals surface area contributed by atoms with Gasteiger partial charge in [0.25, 0.3) is 0 Å². The molecule has 0 radical (unpaired) electrons. The quantitative estimate of drug-likeness (QED) is 0.377. The predicted molar refractivity (Wildman–Crippen MR) is 104 cm³/mol. The third-order valence-corrected chi connectivity index (χ3v) is 4.24. The number of nitrogens with one attached hydrogen (secondary N) is 1. The average molecular weight is 323 g/mol. The highest BCUT2D eigenvalue weighted by molar-refractivity contribution is 6.18. The van der Waals surface area contributed by atoms with Crippen LogP contribution in [-0.4, -0.2) is 10.8 Å². The number of aromatic amines is 1. The monoisotopic (exact) mass is 323 g/mol. The third-order valence-electron chi connectivity index (χ3n) is 4.24. The van der Waals surface area contributed by atoms with Gasteiger partial charge in [-0.2, -0.15) is 0 Å². The van der Waals surface area contributed by atoms with Crippen LogP contribution in [-0.2, 0) is 0 Å². The van der Waals surface area contributed by atoms with Crippen LogP contribution >= 0.6 is 0 Å². The minimum Gasteiger partial charge on any atom is -0.354 e. The van der Waals surface area contributed by atoms with Gasteiger partial charge in [0.2, 0.25) is 0 Å². The first-order chi connectivity index (χ1) is 12.3. The number of rotatable bonds is 4. The number of benzene rings is 3. The molecule has 0 atom stereocenters. The summed E-state index contributed by atoms with van der Waals surface area (Å²) in [4.78, 5) is 16.4. The van der Waals surface area contributed by atoms with Crippen molar-refractivity contribution >= 4 is 22.8 Å². The normalized spacial score (nSPS) is 11.2. The highest BCUT2D eigenvalue weighted by Crippen LogP contribution is 2.31. The zero-order chi connectivity index (χ0) is 17.1. The van der Waals surface area contributed by atoms with E-state index in [0.29, 0.717) is 5.56 Å². The molecule has 25 heavy (non-hydrogen) atoms. The van der Waals surface area contributed by atoms with Crippen molar-refractivity contribution in [1.82, 2.24) is 4.98 Å². The molecular formula is C23H17NO. The maximum atomic E-state index is 13.0. The number of carbonyl (C=O) groups excluding carboxylic acids is 1. The largest absolute Gasteiger partial charge is 0.354 e. The second kappa shape index (κ2) is 6.62. The Balaban J connectivity index is 1.82. The highest BCUT2D eigenvalue weighted by Gasteiger charge is 2.17. The van der Waals surface area contributed by atoms with Crippen molar-refractivity contribution in [3.05, 3.63) is 102 Å². The Hall–Kier alpha value is -3.39. The van der Waals surface area contributed by atoms with Gasteiger partial charge in [-0.25, -0.2) is 0 Å². The molecule has 120 valence electrons. The van der Waals surface area contributed by atoms with E-state index >= 15 is 0 Å². The highest BCUT2D eigenvalue weighted by atomic mass is 16.1. The second-order valence-electron chi connectivity index (χ2n) is 5.89. The van der Waals surface area contributed by atoms with Crippen molar-refractivity contribution in [3.63, 3.8) is 0 Å². The van der Waals surface area contributed by atoms with Gasteiger partial charge in [0, 0.05) is 10.9 Å². The molecule has 2 heteroatoms. The Morgan fingerprint density at radius 1 is 0.760 bits per heavy atom. The van der Waals surface area contributed by atoms with Crippen molar-refractivity contribution in [2.75, 3.05) is 0 Å². The molecule has 1 aromatic heterocycles. The van der Waals surface area contributed by atoms with Crippen LogP contribution in [0, 0.1) is 0 Å². The van der Waals surface area contributed by atoms with Crippen molar-refractivity contribution in [1.29, 1.82) is 0 Å². The SMILES string of the molecule is O=C(C=Cc1ccccc1)c1c(-c2ccccc2)[nH]c2ccccc12. The molecule has 3 aromatic carbocycles. The van der Waals surface area contributed by atoms with Crippen LogP contribution in [0.25, 0.3) is 28.2 Å². The zero-order valence-electron chi connectivity index (χ0n) is 13.6. The van der Waals surface area contributed by atoms with Crippen molar-refractivity contribution < 1.29 is 4.79 Å². The van der Waals surface area contributed by atoms with Crippen LogP contribution in [0.3, 0.4) is 0 Å². The number of H-pyrrole nitrogens is 1. The van der Waals surface area contributed by atoms with E-state index in [4.69, 9.17) is 0 Å². The van der Waals surface area contributed by atoms with Crippen molar-refractivity contribution in [3.8, 4) is 11.3 Å². The lowest BCUT2D eigenvalue weighted by Gasteiger charge is -2.02. The molecule has 2 nitrogen and oxygen atoms in total. The van der Waals surface area contributed by atoms with E-state index in [0.717, 1.165) is 27.7 Å². The van der Waals surface area contributed by atoms with Crippen LogP contribution in [0.4, 0.5) is 0 Å². The van der Waals surface area contributed by atoms with Crippen LogP contribution < -0.4 is 0 Å². The van der Waals surface area contributed by atoms with E-state index in [1.54, 1.807) is 6.08 Å². The Morgan fingerprint density at radius 2 is 1.40 bits per heavy atom. The average Bonchev–Trinajstić information content (AvgIpc) is 3.07. The predicted octanol–water partition coefficient (Wildman–Crippen LogP) is 5.73. The Kier molecular flexibility index (Phi) is 4.01. The van der Waals surface area contributed by atoms with Gasteiger partial charge in [0.15, 0.2) is 5.78 Å². The fourth-order valence-corrected chi connectivity index (χ4v) is 3.04. The molecular weight excluding hydrogens is 306 g/mol. The third kappa shape index (κ3) is 3.02. The molecule has 0 aliphatic carbocycles. The topological polar surface area (TPSA) is 32.9 Å². The molecule has 0 aliphatic heterocycles. The van der Waals surface area contributed by atoms with Crippen LogP contribution in [0.2, 0.25) is 0 Å². The molecule has 1 heterocycles. The molecule has 0 saturated heterocycles. The zero-order valence-corrected chi connectivity index (χ0v) is 13.6. The molecule has 4 aromatic rings. The minimum atomic E-state index is 0.000145. The first kappa shape index (κ1) is 15.2. The molecule has 0 spiro atoms. The maximum Gasteiger partial charge on any atom is 0.188 e. The lowest BCUT2D eigenvalue weighted by atomic mass is 10.0. The lowest BCUT2D eigenvalue weighted by molar-refractivity contribution is 0.105. The van der Waals surface area contributed by atoms with E-state index in [9.17, 15) is 4.79 Å². The van der Waals surface area contributed by atoms with Gasteiger partial charge in [-0.3, -0.25) is 4.79 Å². The van der Waals surface area contributed by atoms with E-state index in [-0.39, 0.29) is 5.78 Å². The number of fused-ring (bicyclic) bond motifs is 1. The molecule has 0 amide bonds. The second-order valence-corrected chi connectivity index (χ2v) is 5.89. The van der Waals surface area contributed by atoms with Crippen LogP contribution in [0.5, 0.6) is 0 Å². The van der Waals surface area contributed by atoms with Crippen molar-refractivity contribution in [2.24, 2.45) is 0 Å². The molecule has 1 N–H and O–H groups in total. The molecule has 0 aliphatic rings. The van der Waals surface area contributed by atoms with Crippen LogP contribution in [0.15, 0.2) is 91.0 Å². The van der Waals surface area contributed by atoms with Gasteiger partial charge >= 0.3 is 0 Å². The number of allylic oxidation sites excluding steroid dienone is 1. The van der Waals surface area contributed by atoms with Gasteiger partial charge < -0.3 is 4.98 Å². The summed E-state index contributed by atoms with van der Waals surface area (Å²) in [7, 11) is 0. The van der Waals surface area contributed by atoms with E-state index in [1.165, 1.54) is 0 Å². The summed E-state index contributed by atoms with van der Waals surface area (Å²) in [5, 5.41) is 0.948. The first-order valence-electron chi connectivity index (χ1n) is 8.26. The standard InChI is InChI=1S/C23H17NO/c25-21(16-15-17-9-3-1-4-10-17)22-19-13-7-8-14-20(19)24-23(22)18-11-5-2-6-12-18/h1-16,24H. The summed E-state index contributed by atoms with van der Waals surface area (Å²) in [5.74, 6) is 0.000145. The van der Waals surface area contributed by atoms with E-state index in [2.05, 4.69) is 4.98 Å². The van der Waals surface area contributed by atoms with Gasteiger partial charge in [0.1, 0.15) is 0 Å². The Morgan fingerprint density at radius 3 is 2.16 bits per heavy atom. The Labute approximate surface area is 146 Å². The number of carbonyl (C=O) groups is 1. The van der Waals surface area contributed by atoms with Gasteiger partial charge in [0.05, 0.1) is 11.3 Å². The fourth-order valence-electron chi connectivity index (χ4n) is 3.04. The van der Waals surface area contributed by atoms with Gasteiger partial charge in [-0.05, 0) is 23.3 Å². The molecule has 0 saturated carbocycles. The van der Waals surface area contributed by atoms with Gasteiger partial charge in [-0.15, -0.1) is 0 Å². The summed E-state index contributed by atoms with van der Waals surface area (Å²) in [6.45, 7) is 0. The summed E-state index contributed by atoms with van der Waals surface area (Å²) in [6, 6.07) is 27.8. The maximum absolute atomic E-state index is 13.0. The lowest BCUT2D eigenvalue weighted by Crippen LogP contribution is -1.96. The molecule has 4 rings (SSSR count). The molecule has 0 bridgehead atoms. The van der Waals surface area contributed by atoms with Crippen molar-refractivity contribution in [2.45, 2.75) is 0 Å². The van der Waals surface area contributed by atoms with E-state index < -0.39 is 0 Å². The molecule has 0 unspecified atom stereocenters. The number of para-hydroxylation sites is 1. The smallest absolute Gasteiger partial charge is 0.188 e. The van der Waals surface area contributed by atoms with Gasteiger partial charge in [-0.1, -0.05) is 84.9 Å². The van der Waals surface area contributed by atoms with Crippen LogP contribution in [0.1, 0.15) is 15.9 Å².